The van der Waals surface area contributed by atoms with Gasteiger partial charge in [-0.3, -0.25) is 4.98 Å². The summed E-state index contributed by atoms with van der Waals surface area (Å²) < 4.78 is 0. The zero-order chi connectivity index (χ0) is 43.7. The molecule has 0 saturated carbocycles. The molecule has 1 N–H and O–H groups in total. The number of hydrogen-bond donors (Lipinski definition) is 1. The number of fused-ring (bicyclic) bond motifs is 1. The molecule has 0 atom stereocenters. The van der Waals surface area contributed by atoms with E-state index in [9.17, 15) is 5.11 Å². The molecule has 0 amide bonds. The predicted molar refractivity (Wildman–Crippen MR) is 282 cm³/mol. The van der Waals surface area contributed by atoms with E-state index in [1.165, 1.54) is 107 Å². The monoisotopic (exact) mass is 910 g/mol. The summed E-state index contributed by atoms with van der Waals surface area (Å²) in [5, 5.41) is 11.6. The normalized spacial score (nSPS) is 11.6. The summed E-state index contributed by atoms with van der Waals surface area (Å²) in [5.41, 5.74) is 9.29. The molecule has 5 heterocycles. The van der Waals surface area contributed by atoms with Crippen LogP contribution in [-0.4, -0.2) is 10.1 Å². The number of hydrogen-bond acceptors (Lipinski definition) is 7. The lowest BCUT2D eigenvalue weighted by atomic mass is 10.0. The Morgan fingerprint density at radius 1 is 0.500 bits per heavy atom. The number of thiophene rings is 4. The molecule has 9 aromatic rings. The standard InChI is InChI=1S/C57H54N2OS4/c1-3-5-7-11-18-41-38-46(30-27-40-25-28-45(29-26-40)59(43-20-13-9-14-21-43)44-22-15-10-16-23-44)61-56(41)52-35-33-50(62-52)51-34-36-53(63-51)57-42(19-12-8-6-4-2)39-54(64-57)47-31-32-49(60)55-48(47)24-17-37-58-55/h9-10,13-17,20-39,60H,3-8,11-12,18-19H2,1-2H3/b30-27+. The van der Waals surface area contributed by atoms with Crippen molar-refractivity contribution in [3.63, 3.8) is 0 Å². The lowest BCUT2D eigenvalue weighted by molar-refractivity contribution is 0.480. The third-order valence-corrected chi connectivity index (χ3v) is 16.9. The van der Waals surface area contributed by atoms with Crippen LogP contribution in [0.25, 0.3) is 62.8 Å². The Bertz CT molecular complexity index is 2900. The Balaban J connectivity index is 0.973. The molecular formula is C57H54N2OS4. The number of phenolic OH excluding ortho intramolecular Hbond substituents is 1. The van der Waals surface area contributed by atoms with Gasteiger partial charge in [-0.15, -0.1) is 45.3 Å². The van der Waals surface area contributed by atoms with Crippen LogP contribution in [0.5, 0.6) is 5.75 Å². The van der Waals surface area contributed by atoms with Gasteiger partial charge >= 0.3 is 0 Å². The summed E-state index contributed by atoms with van der Waals surface area (Å²) in [6.07, 6.45) is 18.4. The van der Waals surface area contributed by atoms with Crippen LogP contribution in [-0.2, 0) is 12.8 Å². The SMILES string of the molecule is CCCCCCc1cc(/C=C/c2ccc(N(c3ccccc3)c3ccccc3)cc2)sc1-c1ccc(-c2ccc(-c3sc(-c4ccc(O)c5ncccc45)cc3CCCCCC)s2)s1. The fraction of sp³-hybridized carbons (Fsp3) is 0.211. The van der Waals surface area contributed by atoms with Gasteiger partial charge in [0, 0.05) is 73.2 Å². The van der Waals surface area contributed by atoms with Crippen LogP contribution in [0.1, 0.15) is 86.8 Å². The van der Waals surface area contributed by atoms with E-state index in [4.69, 9.17) is 0 Å². The number of nitrogens with zero attached hydrogens (tertiary/aromatic N) is 2. The maximum Gasteiger partial charge on any atom is 0.141 e. The molecule has 5 aromatic heterocycles. The van der Waals surface area contributed by atoms with Gasteiger partial charge in [0.15, 0.2) is 0 Å². The number of rotatable bonds is 19. The fourth-order valence-electron chi connectivity index (χ4n) is 8.44. The summed E-state index contributed by atoms with van der Waals surface area (Å²) in [5.74, 6) is 0.227. The molecule has 9 rings (SSSR count). The van der Waals surface area contributed by atoms with Gasteiger partial charge in [0.2, 0.25) is 0 Å². The van der Waals surface area contributed by atoms with Crippen molar-refractivity contribution in [1.82, 2.24) is 4.98 Å². The fourth-order valence-corrected chi connectivity index (χ4v) is 13.2. The molecule has 0 fully saturated rings. The minimum Gasteiger partial charge on any atom is -0.506 e. The number of para-hydroxylation sites is 2. The van der Waals surface area contributed by atoms with Crippen molar-refractivity contribution in [2.45, 2.75) is 78.1 Å². The lowest BCUT2D eigenvalue weighted by Crippen LogP contribution is -2.09. The molecule has 0 aliphatic rings. The van der Waals surface area contributed by atoms with Crippen molar-refractivity contribution in [3.05, 3.63) is 173 Å². The van der Waals surface area contributed by atoms with E-state index in [-0.39, 0.29) is 5.75 Å². The van der Waals surface area contributed by atoms with Crippen LogP contribution < -0.4 is 4.90 Å². The molecule has 3 nitrogen and oxygen atoms in total. The van der Waals surface area contributed by atoms with Gasteiger partial charge in [0.25, 0.3) is 0 Å². The molecule has 0 bridgehead atoms. The van der Waals surface area contributed by atoms with Crippen LogP contribution in [0.15, 0.2) is 152 Å². The smallest absolute Gasteiger partial charge is 0.141 e. The third-order valence-electron chi connectivity index (χ3n) is 11.8. The van der Waals surface area contributed by atoms with E-state index in [1.54, 1.807) is 12.3 Å². The molecule has 64 heavy (non-hydrogen) atoms. The second kappa shape index (κ2) is 21.0. The van der Waals surface area contributed by atoms with Crippen molar-refractivity contribution in [3.8, 4) is 45.5 Å². The third kappa shape index (κ3) is 10.0. The van der Waals surface area contributed by atoms with Gasteiger partial charge in [0.05, 0.1) is 0 Å². The van der Waals surface area contributed by atoms with E-state index in [2.05, 4.69) is 169 Å². The first kappa shape index (κ1) is 43.7. The summed E-state index contributed by atoms with van der Waals surface area (Å²) in [6, 6.07) is 52.1. The molecule has 0 aliphatic carbocycles. The van der Waals surface area contributed by atoms with Crippen LogP contribution in [0.4, 0.5) is 17.1 Å². The van der Waals surface area contributed by atoms with Crippen molar-refractivity contribution in [2.75, 3.05) is 4.90 Å². The second-order valence-corrected chi connectivity index (χ2v) is 20.7. The number of aromatic nitrogens is 1. The average Bonchev–Trinajstić information content (AvgIpc) is 4.17. The number of aromatic hydroxyl groups is 1. The van der Waals surface area contributed by atoms with Crippen LogP contribution in [0.3, 0.4) is 0 Å². The Labute approximate surface area is 394 Å². The van der Waals surface area contributed by atoms with Gasteiger partial charge in [0.1, 0.15) is 11.3 Å². The van der Waals surface area contributed by atoms with Gasteiger partial charge in [-0.2, -0.15) is 0 Å². The molecule has 0 saturated heterocycles. The maximum absolute atomic E-state index is 10.6. The molecule has 7 heteroatoms. The van der Waals surface area contributed by atoms with Gasteiger partial charge in [-0.1, -0.05) is 113 Å². The highest BCUT2D eigenvalue weighted by atomic mass is 32.1. The van der Waals surface area contributed by atoms with E-state index in [1.807, 2.05) is 51.4 Å². The predicted octanol–water partition coefficient (Wildman–Crippen LogP) is 18.7. The number of benzene rings is 4. The van der Waals surface area contributed by atoms with Gasteiger partial charge in [-0.25, -0.2) is 0 Å². The zero-order valence-electron chi connectivity index (χ0n) is 36.6. The molecule has 0 radical (unpaired) electrons. The van der Waals surface area contributed by atoms with Crippen molar-refractivity contribution in [2.24, 2.45) is 0 Å². The lowest BCUT2D eigenvalue weighted by Gasteiger charge is -2.25. The first-order valence-electron chi connectivity index (χ1n) is 22.8. The summed E-state index contributed by atoms with van der Waals surface area (Å²) in [4.78, 5) is 17.5. The quantitative estimate of drug-likeness (QED) is 0.0821. The zero-order valence-corrected chi connectivity index (χ0v) is 39.9. The average molecular weight is 911 g/mol. The van der Waals surface area contributed by atoms with E-state index >= 15 is 0 Å². The molecule has 0 unspecified atom stereocenters. The largest absolute Gasteiger partial charge is 0.506 e. The summed E-state index contributed by atoms with van der Waals surface area (Å²) in [7, 11) is 0. The minimum atomic E-state index is 0.227. The Morgan fingerprint density at radius 2 is 1.08 bits per heavy atom. The van der Waals surface area contributed by atoms with Crippen molar-refractivity contribution in [1.29, 1.82) is 0 Å². The molecule has 4 aromatic carbocycles. The number of pyridine rings is 1. The minimum absolute atomic E-state index is 0.227. The number of aryl methyl sites for hydroxylation is 2. The highest BCUT2D eigenvalue weighted by molar-refractivity contribution is 7.29. The molecule has 0 aliphatic heterocycles. The van der Waals surface area contributed by atoms with Crippen LogP contribution in [0, 0.1) is 0 Å². The van der Waals surface area contributed by atoms with Crippen molar-refractivity contribution >= 4 is 85.5 Å². The van der Waals surface area contributed by atoms with Gasteiger partial charge < -0.3 is 10.0 Å². The van der Waals surface area contributed by atoms with E-state index in [0.717, 1.165) is 40.9 Å². The van der Waals surface area contributed by atoms with Crippen LogP contribution in [0.2, 0.25) is 0 Å². The molecule has 0 spiro atoms. The Morgan fingerprint density at radius 3 is 1.70 bits per heavy atom. The van der Waals surface area contributed by atoms with E-state index < -0.39 is 0 Å². The summed E-state index contributed by atoms with van der Waals surface area (Å²) >= 11 is 7.64. The number of anilines is 3. The van der Waals surface area contributed by atoms with Crippen molar-refractivity contribution < 1.29 is 5.11 Å². The van der Waals surface area contributed by atoms with Crippen LogP contribution >= 0.6 is 45.3 Å². The maximum atomic E-state index is 10.6. The van der Waals surface area contributed by atoms with E-state index in [0.29, 0.717) is 5.52 Å². The molecule has 322 valence electrons. The highest BCUT2D eigenvalue weighted by Crippen LogP contribution is 2.48. The Kier molecular flexibility index (Phi) is 14.3. The highest BCUT2D eigenvalue weighted by Gasteiger charge is 2.19. The number of unbranched alkanes of at least 4 members (excludes halogenated alkanes) is 6. The molecular weight excluding hydrogens is 857 g/mol. The first-order chi connectivity index (χ1) is 31.6. The second-order valence-electron chi connectivity index (χ2n) is 16.4. The topological polar surface area (TPSA) is 36.4 Å². The number of phenols is 1. The summed E-state index contributed by atoms with van der Waals surface area (Å²) in [6.45, 7) is 4.56. The Hall–Kier alpha value is -5.57. The van der Waals surface area contributed by atoms with Gasteiger partial charge in [-0.05, 0) is 139 Å². The first-order valence-corrected chi connectivity index (χ1v) is 26.0.